The van der Waals surface area contributed by atoms with Gasteiger partial charge in [0.2, 0.25) is 5.91 Å². The van der Waals surface area contributed by atoms with Gasteiger partial charge in [-0.1, -0.05) is 48.5 Å². The smallest absolute Gasteiger partial charge is 0.255 e. The second-order valence-corrected chi connectivity index (χ2v) is 7.45. The summed E-state index contributed by atoms with van der Waals surface area (Å²) >= 11 is 0. The standard InChI is InChI=1S/C25H23N3O3/c26-20-7-3-4-8-21(20)27-25(31)17-12-9-16(10-13-17)11-14-23(30)28-24-19-6-2-1-5-18(19)15-22(24)29/h1-14,22,24,29H,15,26H2,(H,27,31)(H,28,30)/t22-,24+/m1/s1. The lowest BCUT2D eigenvalue weighted by atomic mass is 10.1. The number of rotatable bonds is 5. The molecule has 6 heteroatoms. The van der Waals surface area contributed by atoms with E-state index in [9.17, 15) is 14.7 Å². The van der Waals surface area contributed by atoms with Crippen molar-refractivity contribution in [2.24, 2.45) is 0 Å². The quantitative estimate of drug-likeness (QED) is 0.380. The summed E-state index contributed by atoms with van der Waals surface area (Å²) in [6.07, 6.45) is 2.99. The molecule has 3 aromatic rings. The zero-order valence-electron chi connectivity index (χ0n) is 16.8. The van der Waals surface area contributed by atoms with Crippen LogP contribution in [-0.2, 0) is 11.2 Å². The number of nitrogens with two attached hydrogens (primary N) is 1. The average Bonchev–Trinajstić information content (AvgIpc) is 3.09. The molecule has 31 heavy (non-hydrogen) atoms. The lowest BCUT2D eigenvalue weighted by Gasteiger charge is -2.16. The number of nitrogens with one attached hydrogen (secondary N) is 2. The third-order valence-corrected chi connectivity index (χ3v) is 5.31. The zero-order valence-corrected chi connectivity index (χ0v) is 16.8. The Labute approximate surface area is 180 Å². The highest BCUT2D eigenvalue weighted by Crippen LogP contribution is 2.31. The number of anilines is 2. The van der Waals surface area contributed by atoms with Crippen LogP contribution in [0.25, 0.3) is 6.08 Å². The van der Waals surface area contributed by atoms with Gasteiger partial charge in [0.1, 0.15) is 0 Å². The lowest BCUT2D eigenvalue weighted by molar-refractivity contribution is -0.117. The van der Waals surface area contributed by atoms with Crippen LogP contribution in [-0.4, -0.2) is 23.0 Å². The van der Waals surface area contributed by atoms with Crippen LogP contribution in [0, 0.1) is 0 Å². The van der Waals surface area contributed by atoms with Crippen LogP contribution < -0.4 is 16.4 Å². The van der Waals surface area contributed by atoms with Crippen molar-refractivity contribution in [1.82, 2.24) is 5.32 Å². The van der Waals surface area contributed by atoms with E-state index in [2.05, 4.69) is 10.6 Å². The van der Waals surface area contributed by atoms with E-state index < -0.39 is 12.1 Å². The van der Waals surface area contributed by atoms with Gasteiger partial charge >= 0.3 is 0 Å². The van der Waals surface area contributed by atoms with Gasteiger partial charge in [-0.2, -0.15) is 0 Å². The summed E-state index contributed by atoms with van der Waals surface area (Å²) in [6, 6.07) is 21.2. The van der Waals surface area contributed by atoms with Crippen LogP contribution in [0.15, 0.2) is 78.9 Å². The second kappa shape index (κ2) is 8.85. The minimum absolute atomic E-state index is 0.264. The summed E-state index contributed by atoms with van der Waals surface area (Å²) in [5, 5.41) is 15.9. The molecule has 0 unspecified atom stereocenters. The number of carbonyl (C=O) groups is 2. The maximum absolute atomic E-state index is 12.4. The number of amides is 2. The molecule has 6 nitrogen and oxygen atoms in total. The Kier molecular flexibility index (Phi) is 5.82. The van der Waals surface area contributed by atoms with E-state index in [1.165, 1.54) is 6.08 Å². The molecule has 0 radical (unpaired) electrons. The van der Waals surface area contributed by atoms with Crippen LogP contribution in [0.1, 0.15) is 33.1 Å². The largest absolute Gasteiger partial charge is 0.397 e. The van der Waals surface area contributed by atoms with E-state index in [1.807, 2.05) is 24.3 Å². The minimum Gasteiger partial charge on any atom is -0.397 e. The molecule has 3 aromatic carbocycles. The fourth-order valence-electron chi connectivity index (χ4n) is 3.67. The Morgan fingerprint density at radius 2 is 1.68 bits per heavy atom. The Morgan fingerprint density at radius 1 is 0.968 bits per heavy atom. The summed E-state index contributed by atoms with van der Waals surface area (Å²) in [6.45, 7) is 0. The monoisotopic (exact) mass is 413 g/mol. The molecule has 156 valence electrons. The van der Waals surface area contributed by atoms with Crippen LogP contribution in [0.2, 0.25) is 0 Å². The topological polar surface area (TPSA) is 104 Å². The predicted molar refractivity (Wildman–Crippen MR) is 121 cm³/mol. The Bertz CT molecular complexity index is 1140. The Balaban J connectivity index is 1.37. The SMILES string of the molecule is Nc1ccccc1NC(=O)c1ccc(C=CC(=O)N[C@H]2c3ccccc3C[C@H]2O)cc1. The van der Waals surface area contributed by atoms with Crippen LogP contribution in [0.4, 0.5) is 11.4 Å². The van der Waals surface area contributed by atoms with Gasteiger partial charge in [0.25, 0.3) is 5.91 Å². The molecule has 2 atom stereocenters. The second-order valence-electron chi connectivity index (χ2n) is 7.45. The number of para-hydroxylation sites is 2. The van der Waals surface area contributed by atoms with E-state index >= 15 is 0 Å². The molecule has 0 spiro atoms. The zero-order chi connectivity index (χ0) is 21.8. The van der Waals surface area contributed by atoms with E-state index in [1.54, 1.807) is 54.6 Å². The molecule has 0 bridgehead atoms. The average molecular weight is 413 g/mol. The molecule has 0 saturated carbocycles. The van der Waals surface area contributed by atoms with Crippen molar-refractivity contribution < 1.29 is 14.7 Å². The Hall–Kier alpha value is -3.90. The summed E-state index contributed by atoms with van der Waals surface area (Å²) in [5.41, 5.74) is 10.2. The number of benzene rings is 3. The van der Waals surface area contributed by atoms with Gasteiger partial charge in [0, 0.05) is 18.1 Å². The van der Waals surface area contributed by atoms with Crippen molar-refractivity contribution in [3.05, 3.63) is 101 Å². The maximum Gasteiger partial charge on any atom is 0.255 e. The molecule has 0 heterocycles. The molecule has 4 rings (SSSR count). The highest BCUT2D eigenvalue weighted by atomic mass is 16.3. The predicted octanol–water partition coefficient (Wildman–Crippen LogP) is 3.31. The number of aliphatic hydroxyl groups is 1. The van der Waals surface area contributed by atoms with Crippen molar-refractivity contribution in [1.29, 1.82) is 0 Å². The van der Waals surface area contributed by atoms with E-state index in [4.69, 9.17) is 5.73 Å². The molecule has 0 aliphatic heterocycles. The maximum atomic E-state index is 12.4. The van der Waals surface area contributed by atoms with Crippen molar-refractivity contribution >= 4 is 29.3 Å². The van der Waals surface area contributed by atoms with Gasteiger partial charge in [-0.05, 0) is 47.0 Å². The molecule has 0 fully saturated rings. The van der Waals surface area contributed by atoms with Crippen LogP contribution in [0.5, 0.6) is 0 Å². The summed E-state index contributed by atoms with van der Waals surface area (Å²) < 4.78 is 0. The highest BCUT2D eigenvalue weighted by Gasteiger charge is 2.31. The van der Waals surface area contributed by atoms with Crippen LogP contribution in [0.3, 0.4) is 0 Å². The first-order valence-corrected chi connectivity index (χ1v) is 10.0. The van der Waals surface area contributed by atoms with Gasteiger partial charge in [-0.3, -0.25) is 9.59 Å². The number of nitrogen functional groups attached to an aromatic ring is 1. The molecule has 0 saturated heterocycles. The third kappa shape index (κ3) is 4.65. The molecule has 1 aliphatic rings. The first-order chi connectivity index (χ1) is 15.0. The number of hydrogen-bond acceptors (Lipinski definition) is 4. The van der Waals surface area contributed by atoms with Crippen molar-refractivity contribution in [3.63, 3.8) is 0 Å². The van der Waals surface area contributed by atoms with Crippen molar-refractivity contribution in [2.45, 2.75) is 18.6 Å². The normalized spacial score (nSPS) is 17.3. The molecular weight excluding hydrogens is 390 g/mol. The highest BCUT2D eigenvalue weighted by molar-refractivity contribution is 6.05. The first kappa shape index (κ1) is 20.4. The molecular formula is C25H23N3O3. The Morgan fingerprint density at radius 3 is 2.45 bits per heavy atom. The molecule has 2 amide bonds. The fraction of sp³-hybridized carbons (Fsp3) is 0.120. The summed E-state index contributed by atoms with van der Waals surface area (Å²) in [7, 11) is 0. The summed E-state index contributed by atoms with van der Waals surface area (Å²) in [4.78, 5) is 24.7. The fourth-order valence-corrected chi connectivity index (χ4v) is 3.67. The first-order valence-electron chi connectivity index (χ1n) is 10.0. The minimum atomic E-state index is -0.633. The molecule has 0 aromatic heterocycles. The lowest BCUT2D eigenvalue weighted by Crippen LogP contribution is -2.32. The number of hydrogen-bond donors (Lipinski definition) is 4. The van der Waals surface area contributed by atoms with Gasteiger partial charge < -0.3 is 21.5 Å². The van der Waals surface area contributed by atoms with Crippen molar-refractivity contribution in [2.75, 3.05) is 11.1 Å². The van der Waals surface area contributed by atoms with Gasteiger partial charge in [-0.25, -0.2) is 0 Å². The van der Waals surface area contributed by atoms with Gasteiger partial charge in [-0.15, -0.1) is 0 Å². The van der Waals surface area contributed by atoms with E-state index in [-0.39, 0.29) is 11.8 Å². The van der Waals surface area contributed by atoms with E-state index in [0.717, 1.165) is 16.7 Å². The molecule has 1 aliphatic carbocycles. The summed E-state index contributed by atoms with van der Waals surface area (Å²) in [5.74, 6) is -0.554. The van der Waals surface area contributed by atoms with E-state index in [0.29, 0.717) is 23.4 Å². The number of carbonyl (C=O) groups excluding carboxylic acids is 2. The third-order valence-electron chi connectivity index (χ3n) is 5.31. The molecule has 5 N–H and O–H groups in total. The van der Waals surface area contributed by atoms with Crippen LogP contribution >= 0.6 is 0 Å². The number of fused-ring (bicyclic) bond motifs is 1. The van der Waals surface area contributed by atoms with Gasteiger partial charge in [0.05, 0.1) is 23.5 Å². The van der Waals surface area contributed by atoms with Gasteiger partial charge in [0.15, 0.2) is 0 Å². The number of aliphatic hydroxyl groups excluding tert-OH is 1. The van der Waals surface area contributed by atoms with Crippen molar-refractivity contribution in [3.8, 4) is 0 Å².